The van der Waals surface area contributed by atoms with E-state index in [4.69, 9.17) is 28.7 Å². The molecule has 8 rings (SSSR count). The Labute approximate surface area is 374 Å². The summed E-state index contributed by atoms with van der Waals surface area (Å²) >= 11 is 1.57. The lowest BCUT2D eigenvalue weighted by Crippen LogP contribution is -2.70. The molecule has 6 fully saturated rings. The van der Waals surface area contributed by atoms with Gasteiger partial charge in [0.2, 0.25) is 29.4 Å². The molecule has 16 nitrogen and oxygen atoms in total. The Kier molecular flexibility index (Phi) is 15.0. The van der Waals surface area contributed by atoms with Crippen molar-refractivity contribution in [2.45, 2.75) is 142 Å². The van der Waals surface area contributed by atoms with Gasteiger partial charge >= 0.3 is 0 Å². The number of nitrogens with zero attached hydrogens (tertiary/aromatic N) is 2. The standard InChI is InChI=1S/C46H67N5O11S/c1-27-8-13-34-28(2)36(59-43-46(34)33(27)14-16-45(7,60-43)61-62-46)23-38(54)47-17-19-58-21-20-57-18-15-37(53)50-40(44(4,5)6)42(56)51-25-32(52)22-35(51)41(55)48-24-30-9-11-31(12-10-30)39-29(3)49-26-63-39/h9-12,26-28,32-36,40,43,52H,8,13-25H2,1-7H3,(H,47,54)(H,48,55)(H,50,53)/t27-,28-,32-,33+,34+,35+,36-,40-,43-,45?,46-/m1/s1. The third-order valence-electron chi connectivity index (χ3n) is 13.8. The minimum Gasteiger partial charge on any atom is -0.391 e. The molecule has 5 saturated heterocycles. The van der Waals surface area contributed by atoms with Crippen molar-refractivity contribution in [3.05, 3.63) is 41.0 Å². The molecule has 17 heteroatoms. The quantitative estimate of drug-likeness (QED) is 0.129. The summed E-state index contributed by atoms with van der Waals surface area (Å²) in [4.78, 5) is 72.4. The molecule has 2 bridgehead atoms. The molecular weight excluding hydrogens is 831 g/mol. The van der Waals surface area contributed by atoms with Crippen LogP contribution < -0.4 is 16.0 Å². The predicted octanol–water partition coefficient (Wildman–Crippen LogP) is 4.41. The molecule has 5 aliphatic heterocycles. The zero-order valence-corrected chi connectivity index (χ0v) is 38.6. The van der Waals surface area contributed by atoms with E-state index in [0.717, 1.165) is 47.4 Å². The molecule has 0 radical (unpaired) electrons. The number of nitrogens with one attached hydrogen (secondary N) is 3. The third kappa shape index (κ3) is 10.6. The summed E-state index contributed by atoms with van der Waals surface area (Å²) in [6.45, 7) is 15.3. The molecule has 11 atom stereocenters. The lowest BCUT2D eigenvalue weighted by atomic mass is 9.57. The molecule has 4 N–H and O–H groups in total. The summed E-state index contributed by atoms with van der Waals surface area (Å²) in [5.74, 6) is -1.17. The number of aliphatic hydroxyl groups excluding tert-OH is 1. The molecule has 1 aromatic heterocycles. The van der Waals surface area contributed by atoms with Crippen molar-refractivity contribution >= 4 is 35.0 Å². The first-order valence-electron chi connectivity index (χ1n) is 22.7. The van der Waals surface area contributed by atoms with E-state index in [2.05, 4.69) is 34.8 Å². The second-order valence-electron chi connectivity index (χ2n) is 19.4. The summed E-state index contributed by atoms with van der Waals surface area (Å²) in [7, 11) is 0. The summed E-state index contributed by atoms with van der Waals surface area (Å²) in [6, 6.07) is 6.06. The van der Waals surface area contributed by atoms with E-state index < -0.39 is 47.2 Å². The minimum absolute atomic E-state index is 0.00851. The van der Waals surface area contributed by atoms with Gasteiger partial charge in [-0.1, -0.05) is 58.9 Å². The van der Waals surface area contributed by atoms with Gasteiger partial charge in [0.15, 0.2) is 11.9 Å². The molecule has 6 aliphatic rings. The minimum atomic E-state index is -0.938. The average Bonchev–Trinajstić information content (AvgIpc) is 3.78. The van der Waals surface area contributed by atoms with Gasteiger partial charge in [-0.05, 0) is 67.4 Å². The van der Waals surface area contributed by atoms with Crippen molar-refractivity contribution < 1.29 is 53.0 Å². The molecule has 1 aromatic carbocycles. The third-order valence-corrected chi connectivity index (χ3v) is 14.8. The number of thiazole rings is 1. The second kappa shape index (κ2) is 19.9. The SMILES string of the molecule is Cc1ncsc1-c1ccc(CNC(=O)[C@@H]2C[C@@H](O)CN2C(=O)[C@@H](NC(=O)CCOCCOCCNC(=O)C[C@H]2O[C@@H]3OC4(C)CC[C@H]5[C@H](C)CC[C@@H]([C@H]2C)[C@@]35OO4)C(C)(C)C)cc1. The molecule has 1 saturated carbocycles. The van der Waals surface area contributed by atoms with Crippen LogP contribution in [0.4, 0.5) is 0 Å². The molecule has 1 spiro atoms. The number of carbonyl (C=O) groups excluding carboxylic acids is 4. The van der Waals surface area contributed by atoms with Gasteiger partial charge < -0.3 is 44.9 Å². The highest BCUT2D eigenvalue weighted by atomic mass is 32.1. The summed E-state index contributed by atoms with van der Waals surface area (Å²) in [6.07, 6.45) is 2.32. The number of aliphatic hydroxyl groups is 1. The fourth-order valence-corrected chi connectivity index (χ4v) is 11.0. The highest BCUT2D eigenvalue weighted by Gasteiger charge is 2.69. The molecular formula is C46H67N5O11S. The summed E-state index contributed by atoms with van der Waals surface area (Å²) < 4.78 is 24.3. The van der Waals surface area contributed by atoms with Crippen LogP contribution in [0.1, 0.15) is 97.7 Å². The summed E-state index contributed by atoms with van der Waals surface area (Å²) in [5, 5.41) is 19.3. The maximum atomic E-state index is 14.0. The summed E-state index contributed by atoms with van der Waals surface area (Å²) in [5.41, 5.74) is 3.39. The normalized spacial score (nSPS) is 31.8. The molecule has 4 amide bonds. The first-order valence-corrected chi connectivity index (χ1v) is 23.5. The number of fused-ring (bicyclic) bond motifs is 2. The van der Waals surface area contributed by atoms with Crippen molar-refractivity contribution in [3.8, 4) is 10.4 Å². The van der Waals surface area contributed by atoms with Gasteiger partial charge in [-0.15, -0.1) is 11.3 Å². The van der Waals surface area contributed by atoms with Crippen LogP contribution in [0.2, 0.25) is 0 Å². The fraction of sp³-hybridized carbons (Fsp3) is 0.717. The van der Waals surface area contributed by atoms with Crippen LogP contribution >= 0.6 is 11.3 Å². The van der Waals surface area contributed by atoms with Crippen molar-refractivity contribution in [2.75, 3.05) is 39.5 Å². The van der Waals surface area contributed by atoms with Crippen LogP contribution in [0.15, 0.2) is 29.8 Å². The number of amides is 4. The molecule has 63 heavy (non-hydrogen) atoms. The first-order chi connectivity index (χ1) is 30.0. The van der Waals surface area contributed by atoms with E-state index in [0.29, 0.717) is 12.5 Å². The molecule has 6 heterocycles. The lowest BCUT2D eigenvalue weighted by Gasteiger charge is -2.60. The number of β-amino-alcohol motifs (C(OH)–C–C–N with tert-alkyl or cyclic N) is 1. The Bertz CT molecular complexity index is 1930. The molecule has 348 valence electrons. The van der Waals surface area contributed by atoms with E-state index in [9.17, 15) is 24.3 Å². The number of likely N-dealkylation sites (tertiary alicyclic amines) is 1. The van der Waals surface area contributed by atoms with Crippen LogP contribution in [-0.2, 0) is 54.4 Å². The predicted molar refractivity (Wildman–Crippen MR) is 232 cm³/mol. The Morgan fingerprint density at radius 3 is 2.44 bits per heavy atom. The number of rotatable bonds is 17. The number of benzene rings is 1. The number of ether oxygens (including phenoxy) is 4. The molecule has 2 aromatic rings. The van der Waals surface area contributed by atoms with E-state index in [1.54, 1.807) is 11.3 Å². The monoisotopic (exact) mass is 897 g/mol. The van der Waals surface area contributed by atoms with Crippen LogP contribution in [0, 0.1) is 36.0 Å². The van der Waals surface area contributed by atoms with Crippen LogP contribution in [-0.4, -0.2) is 120 Å². The van der Waals surface area contributed by atoms with Crippen molar-refractivity contribution in [1.29, 1.82) is 0 Å². The van der Waals surface area contributed by atoms with Gasteiger partial charge in [-0.25, -0.2) is 14.8 Å². The second-order valence-corrected chi connectivity index (χ2v) is 20.3. The van der Waals surface area contributed by atoms with E-state index in [1.807, 2.05) is 64.4 Å². The van der Waals surface area contributed by atoms with Crippen LogP contribution in [0.3, 0.4) is 0 Å². The first kappa shape index (κ1) is 47.4. The van der Waals surface area contributed by atoms with E-state index in [-0.39, 0.29) is 100 Å². The van der Waals surface area contributed by atoms with E-state index >= 15 is 0 Å². The van der Waals surface area contributed by atoms with Crippen molar-refractivity contribution in [3.63, 3.8) is 0 Å². The van der Waals surface area contributed by atoms with Gasteiger partial charge in [0, 0.05) is 44.8 Å². The Hall–Kier alpha value is -3.55. The number of hydrogen-bond acceptors (Lipinski definition) is 13. The van der Waals surface area contributed by atoms with Gasteiger partial charge in [0.25, 0.3) is 0 Å². The average molecular weight is 898 g/mol. The lowest BCUT2D eigenvalue weighted by molar-refractivity contribution is -0.570. The zero-order chi connectivity index (χ0) is 45.1. The Morgan fingerprint density at radius 2 is 1.73 bits per heavy atom. The number of hydrogen-bond donors (Lipinski definition) is 4. The topological polar surface area (TPSA) is 196 Å². The van der Waals surface area contributed by atoms with Gasteiger partial charge in [0.05, 0.1) is 61.1 Å². The Morgan fingerprint density at radius 1 is 0.984 bits per heavy atom. The number of aromatic nitrogens is 1. The van der Waals surface area contributed by atoms with Crippen LogP contribution in [0.25, 0.3) is 10.4 Å². The molecule has 1 aliphatic carbocycles. The maximum Gasteiger partial charge on any atom is 0.246 e. The zero-order valence-electron chi connectivity index (χ0n) is 37.8. The largest absolute Gasteiger partial charge is 0.391 e. The number of carbonyl (C=O) groups is 4. The van der Waals surface area contributed by atoms with Gasteiger partial charge in [-0.3, -0.25) is 19.2 Å². The van der Waals surface area contributed by atoms with E-state index in [1.165, 1.54) is 4.90 Å². The van der Waals surface area contributed by atoms with Crippen LogP contribution in [0.5, 0.6) is 0 Å². The maximum absolute atomic E-state index is 14.0. The molecule has 1 unspecified atom stereocenters. The van der Waals surface area contributed by atoms with Gasteiger partial charge in [-0.2, -0.15) is 0 Å². The van der Waals surface area contributed by atoms with Crippen molar-refractivity contribution in [1.82, 2.24) is 25.8 Å². The Balaban J connectivity index is 0.787. The highest BCUT2D eigenvalue weighted by molar-refractivity contribution is 7.13. The number of aryl methyl sites for hydroxylation is 1. The smallest absolute Gasteiger partial charge is 0.246 e. The fourth-order valence-electron chi connectivity index (χ4n) is 10.2. The van der Waals surface area contributed by atoms with Crippen molar-refractivity contribution in [2.24, 2.45) is 29.1 Å². The highest BCUT2D eigenvalue weighted by Crippen LogP contribution is 2.60. The van der Waals surface area contributed by atoms with Gasteiger partial charge in [0.1, 0.15) is 12.1 Å².